The van der Waals surface area contributed by atoms with Crippen LogP contribution in [0.5, 0.6) is 0 Å². The van der Waals surface area contributed by atoms with Crippen LogP contribution < -0.4 is 11.0 Å². The Bertz CT molecular complexity index is 412. The minimum Gasteiger partial charge on any atom is -0.317 e. The van der Waals surface area contributed by atoms with E-state index in [0.29, 0.717) is 12.0 Å². The Morgan fingerprint density at radius 1 is 1.19 bits per heavy atom. The lowest BCUT2D eigenvalue weighted by atomic mass is 9.85. The lowest BCUT2D eigenvalue weighted by Gasteiger charge is -2.23. The molecule has 1 aromatic heterocycles. The molecule has 1 saturated carbocycles. The van der Waals surface area contributed by atoms with Crippen LogP contribution in [0, 0.1) is 0 Å². The quantitative estimate of drug-likeness (QED) is 0.776. The normalized spacial score (nSPS) is 23.2. The monoisotopic (exact) mass is 222 g/mol. The Morgan fingerprint density at radius 2 is 1.94 bits per heavy atom. The summed E-state index contributed by atoms with van der Waals surface area (Å²) < 4.78 is 1.68. The predicted octanol–water partition coefficient (Wildman–Crippen LogP) is 0.763. The summed E-state index contributed by atoms with van der Waals surface area (Å²) in [6.07, 6.45) is 5.65. The van der Waals surface area contributed by atoms with Crippen LogP contribution in [0.3, 0.4) is 0 Å². The van der Waals surface area contributed by atoms with Gasteiger partial charge in [-0.3, -0.25) is 4.98 Å². The van der Waals surface area contributed by atoms with Gasteiger partial charge in [-0.1, -0.05) is 6.42 Å². The first-order valence-electron chi connectivity index (χ1n) is 6.24. The van der Waals surface area contributed by atoms with E-state index in [0.717, 1.165) is 31.8 Å². The van der Waals surface area contributed by atoms with Crippen LogP contribution in [0.15, 0.2) is 4.79 Å². The summed E-state index contributed by atoms with van der Waals surface area (Å²) in [5, 5.41) is 7.78. The van der Waals surface area contributed by atoms with E-state index in [4.69, 9.17) is 0 Å². The molecule has 5 nitrogen and oxygen atoms in total. The smallest absolute Gasteiger partial charge is 0.317 e. The third-order valence-corrected chi connectivity index (χ3v) is 3.80. The Kier molecular flexibility index (Phi) is 2.55. The minimum absolute atomic E-state index is 0.0196. The Morgan fingerprint density at radius 3 is 2.56 bits per heavy atom. The summed E-state index contributed by atoms with van der Waals surface area (Å²) in [5.74, 6) is 1.42. The van der Waals surface area contributed by atoms with Gasteiger partial charge in [0.05, 0.1) is 6.04 Å². The first-order valence-corrected chi connectivity index (χ1v) is 6.24. The van der Waals surface area contributed by atoms with Crippen molar-refractivity contribution in [2.24, 2.45) is 0 Å². The van der Waals surface area contributed by atoms with E-state index in [9.17, 15) is 4.79 Å². The maximum Gasteiger partial charge on any atom is 0.343 e. The average molecular weight is 222 g/mol. The number of H-pyrrole nitrogens is 1. The maximum absolute atomic E-state index is 11.8. The van der Waals surface area contributed by atoms with E-state index in [1.54, 1.807) is 4.68 Å². The fraction of sp³-hybridized carbons (Fsp3) is 0.818. The van der Waals surface area contributed by atoms with Crippen LogP contribution in [0.2, 0.25) is 0 Å². The predicted molar refractivity (Wildman–Crippen MR) is 60.6 cm³/mol. The van der Waals surface area contributed by atoms with Crippen molar-refractivity contribution in [2.45, 2.75) is 44.1 Å². The molecule has 0 atom stereocenters. The SMILES string of the molecule is O=c1[nH]c(C2CCC2)nn1C1CCNCC1. The van der Waals surface area contributed by atoms with Crippen molar-refractivity contribution in [1.82, 2.24) is 20.1 Å². The van der Waals surface area contributed by atoms with Crippen LogP contribution in [-0.4, -0.2) is 27.9 Å². The molecule has 1 aliphatic carbocycles. The average Bonchev–Trinajstić information content (AvgIpc) is 2.59. The largest absolute Gasteiger partial charge is 0.343 e. The van der Waals surface area contributed by atoms with Crippen molar-refractivity contribution in [1.29, 1.82) is 0 Å². The molecule has 1 aromatic rings. The summed E-state index contributed by atoms with van der Waals surface area (Å²) in [6, 6.07) is 0.291. The van der Waals surface area contributed by atoms with E-state index in [2.05, 4.69) is 15.4 Å². The molecule has 2 aliphatic rings. The van der Waals surface area contributed by atoms with Gasteiger partial charge >= 0.3 is 5.69 Å². The third-order valence-electron chi connectivity index (χ3n) is 3.80. The number of hydrogen-bond acceptors (Lipinski definition) is 3. The van der Waals surface area contributed by atoms with Gasteiger partial charge in [0.15, 0.2) is 0 Å². The second-order valence-electron chi connectivity index (χ2n) is 4.87. The molecule has 2 N–H and O–H groups in total. The second-order valence-corrected chi connectivity index (χ2v) is 4.87. The van der Waals surface area contributed by atoms with E-state index in [1.807, 2.05) is 0 Å². The summed E-state index contributed by atoms with van der Waals surface area (Å²) in [7, 11) is 0. The fourth-order valence-corrected chi connectivity index (χ4v) is 2.52. The number of nitrogens with one attached hydrogen (secondary N) is 2. The van der Waals surface area contributed by atoms with Gasteiger partial charge in [0.2, 0.25) is 0 Å². The lowest BCUT2D eigenvalue weighted by Crippen LogP contribution is -2.33. The molecular formula is C11H18N4O. The zero-order chi connectivity index (χ0) is 11.0. The highest BCUT2D eigenvalue weighted by Gasteiger charge is 2.25. The third kappa shape index (κ3) is 1.69. The van der Waals surface area contributed by atoms with E-state index in [1.165, 1.54) is 19.3 Å². The van der Waals surface area contributed by atoms with Gasteiger partial charge < -0.3 is 5.32 Å². The van der Waals surface area contributed by atoms with Crippen LogP contribution >= 0.6 is 0 Å². The number of hydrogen-bond donors (Lipinski definition) is 2. The molecule has 0 spiro atoms. The summed E-state index contributed by atoms with van der Waals surface area (Å²) >= 11 is 0. The molecule has 1 aliphatic heterocycles. The number of rotatable bonds is 2. The Balaban J connectivity index is 1.82. The van der Waals surface area contributed by atoms with Crippen LogP contribution in [0.4, 0.5) is 0 Å². The van der Waals surface area contributed by atoms with Gasteiger partial charge in [-0.05, 0) is 38.8 Å². The van der Waals surface area contributed by atoms with E-state index < -0.39 is 0 Å². The number of piperidine rings is 1. The molecule has 3 rings (SSSR count). The topological polar surface area (TPSA) is 62.7 Å². The highest BCUT2D eigenvalue weighted by atomic mass is 16.2. The summed E-state index contributed by atoms with van der Waals surface area (Å²) in [4.78, 5) is 14.7. The summed E-state index contributed by atoms with van der Waals surface area (Å²) in [6.45, 7) is 1.98. The molecule has 0 amide bonds. The Hall–Kier alpha value is -1.10. The van der Waals surface area contributed by atoms with Crippen molar-refractivity contribution in [3.8, 4) is 0 Å². The van der Waals surface area contributed by atoms with Crippen molar-refractivity contribution < 1.29 is 0 Å². The molecule has 2 heterocycles. The number of nitrogens with zero attached hydrogens (tertiary/aromatic N) is 2. The van der Waals surface area contributed by atoms with Crippen LogP contribution in [0.1, 0.15) is 49.9 Å². The van der Waals surface area contributed by atoms with Gasteiger partial charge in [-0.15, -0.1) is 0 Å². The minimum atomic E-state index is -0.0196. The molecule has 5 heteroatoms. The Labute approximate surface area is 94.2 Å². The summed E-state index contributed by atoms with van der Waals surface area (Å²) in [5.41, 5.74) is -0.0196. The van der Waals surface area contributed by atoms with Gasteiger partial charge in [-0.2, -0.15) is 5.10 Å². The molecule has 1 saturated heterocycles. The first-order chi connectivity index (χ1) is 7.84. The fourth-order valence-electron chi connectivity index (χ4n) is 2.52. The van der Waals surface area contributed by atoms with Crippen molar-refractivity contribution in [2.75, 3.05) is 13.1 Å². The van der Waals surface area contributed by atoms with Crippen molar-refractivity contribution >= 4 is 0 Å². The standard InChI is InChI=1S/C11H18N4O/c16-11-13-10(8-2-1-3-8)14-15(11)9-4-6-12-7-5-9/h8-9,12H,1-7H2,(H,13,14,16). The lowest BCUT2D eigenvalue weighted by molar-refractivity contribution is 0.329. The number of aromatic nitrogens is 3. The number of aromatic amines is 1. The van der Waals surface area contributed by atoms with Crippen molar-refractivity contribution in [3.05, 3.63) is 16.3 Å². The first kappa shape index (κ1) is 10.1. The highest BCUT2D eigenvalue weighted by Crippen LogP contribution is 2.33. The molecule has 88 valence electrons. The molecule has 16 heavy (non-hydrogen) atoms. The molecule has 0 unspecified atom stereocenters. The molecular weight excluding hydrogens is 204 g/mol. The molecule has 0 radical (unpaired) electrons. The zero-order valence-electron chi connectivity index (χ0n) is 9.41. The van der Waals surface area contributed by atoms with Gasteiger partial charge in [0.1, 0.15) is 5.82 Å². The van der Waals surface area contributed by atoms with Gasteiger partial charge in [0, 0.05) is 5.92 Å². The van der Waals surface area contributed by atoms with Crippen LogP contribution in [0.25, 0.3) is 0 Å². The van der Waals surface area contributed by atoms with Crippen molar-refractivity contribution in [3.63, 3.8) is 0 Å². The van der Waals surface area contributed by atoms with E-state index in [-0.39, 0.29) is 5.69 Å². The second kappa shape index (κ2) is 4.05. The highest BCUT2D eigenvalue weighted by molar-refractivity contribution is 4.99. The molecule has 0 aromatic carbocycles. The maximum atomic E-state index is 11.8. The van der Waals surface area contributed by atoms with Crippen LogP contribution in [-0.2, 0) is 0 Å². The van der Waals surface area contributed by atoms with Gasteiger partial charge in [0.25, 0.3) is 0 Å². The molecule has 0 bridgehead atoms. The van der Waals surface area contributed by atoms with Gasteiger partial charge in [-0.25, -0.2) is 9.48 Å². The zero-order valence-corrected chi connectivity index (χ0v) is 9.41. The van der Waals surface area contributed by atoms with E-state index >= 15 is 0 Å². The molecule has 2 fully saturated rings.